The standard InChI is InChI=1S/C14H16ClNOS/c1-8(2)13-14(17)16-12(18-13)7-10-6-11(15)5-4-9(10)3/h4-6,8,13H,7H2,1-3H3. The minimum Gasteiger partial charge on any atom is -0.271 e. The van der Waals surface area contributed by atoms with Crippen molar-refractivity contribution in [3.05, 3.63) is 34.3 Å². The number of hydrogen-bond donors (Lipinski definition) is 0. The summed E-state index contributed by atoms with van der Waals surface area (Å²) in [5.74, 6) is 0.328. The average molecular weight is 282 g/mol. The molecule has 1 amide bonds. The number of carbonyl (C=O) groups excluding carboxylic acids is 1. The summed E-state index contributed by atoms with van der Waals surface area (Å²) in [7, 11) is 0. The highest BCUT2D eigenvalue weighted by molar-refractivity contribution is 8.15. The zero-order chi connectivity index (χ0) is 13.3. The number of aliphatic imine (C=N–C) groups is 1. The molecule has 96 valence electrons. The van der Waals surface area contributed by atoms with E-state index in [2.05, 4.69) is 18.8 Å². The van der Waals surface area contributed by atoms with E-state index in [1.54, 1.807) is 11.8 Å². The van der Waals surface area contributed by atoms with Crippen LogP contribution in [-0.2, 0) is 11.2 Å². The molecule has 0 aliphatic carbocycles. The molecule has 1 atom stereocenters. The molecule has 1 aliphatic rings. The van der Waals surface area contributed by atoms with E-state index < -0.39 is 0 Å². The number of benzene rings is 1. The predicted molar refractivity (Wildman–Crippen MR) is 78.6 cm³/mol. The Morgan fingerprint density at radius 3 is 2.78 bits per heavy atom. The number of rotatable bonds is 3. The van der Waals surface area contributed by atoms with Gasteiger partial charge < -0.3 is 0 Å². The van der Waals surface area contributed by atoms with Crippen molar-refractivity contribution in [3.8, 4) is 0 Å². The van der Waals surface area contributed by atoms with Crippen molar-refractivity contribution in [2.75, 3.05) is 0 Å². The van der Waals surface area contributed by atoms with Crippen LogP contribution in [0.2, 0.25) is 5.02 Å². The molecule has 2 rings (SSSR count). The highest BCUT2D eigenvalue weighted by Gasteiger charge is 2.30. The van der Waals surface area contributed by atoms with Crippen molar-refractivity contribution in [2.24, 2.45) is 10.9 Å². The second-order valence-corrected chi connectivity index (χ2v) is 6.53. The number of nitrogens with zero attached hydrogens (tertiary/aromatic N) is 1. The maximum absolute atomic E-state index is 11.7. The maximum Gasteiger partial charge on any atom is 0.260 e. The summed E-state index contributed by atoms with van der Waals surface area (Å²) in [5.41, 5.74) is 2.33. The molecule has 0 radical (unpaired) electrons. The van der Waals surface area contributed by atoms with Crippen LogP contribution >= 0.6 is 23.4 Å². The van der Waals surface area contributed by atoms with E-state index >= 15 is 0 Å². The number of amides is 1. The first-order valence-corrected chi connectivity index (χ1v) is 7.26. The third kappa shape index (κ3) is 2.96. The van der Waals surface area contributed by atoms with Crippen LogP contribution in [0.5, 0.6) is 0 Å². The molecule has 1 aromatic rings. The van der Waals surface area contributed by atoms with Gasteiger partial charge in [0.05, 0.1) is 10.3 Å². The van der Waals surface area contributed by atoms with Gasteiger partial charge in [0, 0.05) is 11.4 Å². The van der Waals surface area contributed by atoms with E-state index in [4.69, 9.17) is 11.6 Å². The van der Waals surface area contributed by atoms with Crippen LogP contribution in [0.4, 0.5) is 0 Å². The zero-order valence-corrected chi connectivity index (χ0v) is 12.3. The number of aryl methyl sites for hydroxylation is 1. The fourth-order valence-electron chi connectivity index (χ4n) is 1.91. The largest absolute Gasteiger partial charge is 0.271 e. The van der Waals surface area contributed by atoms with E-state index in [1.165, 1.54) is 5.56 Å². The molecular formula is C14H16ClNOS. The smallest absolute Gasteiger partial charge is 0.260 e. The molecule has 0 saturated heterocycles. The van der Waals surface area contributed by atoms with Gasteiger partial charge in [0.25, 0.3) is 5.91 Å². The molecule has 4 heteroatoms. The van der Waals surface area contributed by atoms with Crippen molar-refractivity contribution in [1.82, 2.24) is 0 Å². The Morgan fingerprint density at radius 1 is 1.44 bits per heavy atom. The van der Waals surface area contributed by atoms with Crippen molar-refractivity contribution >= 4 is 34.3 Å². The fraction of sp³-hybridized carbons (Fsp3) is 0.429. The van der Waals surface area contributed by atoms with Gasteiger partial charge in [-0.25, -0.2) is 4.99 Å². The van der Waals surface area contributed by atoms with Gasteiger partial charge in [-0.1, -0.05) is 43.3 Å². The quantitative estimate of drug-likeness (QED) is 0.841. The Balaban J connectivity index is 2.14. The Kier molecular flexibility index (Phi) is 4.13. The van der Waals surface area contributed by atoms with Crippen molar-refractivity contribution in [1.29, 1.82) is 0 Å². The van der Waals surface area contributed by atoms with Gasteiger partial charge in [0.1, 0.15) is 0 Å². The Hall–Kier alpha value is -0.800. The molecule has 18 heavy (non-hydrogen) atoms. The van der Waals surface area contributed by atoms with Gasteiger partial charge >= 0.3 is 0 Å². The second kappa shape index (κ2) is 5.45. The molecule has 0 aromatic heterocycles. The van der Waals surface area contributed by atoms with Crippen LogP contribution in [-0.4, -0.2) is 16.2 Å². The first-order valence-electron chi connectivity index (χ1n) is 6.00. The minimum absolute atomic E-state index is 0.00433. The number of hydrogen-bond acceptors (Lipinski definition) is 2. The Morgan fingerprint density at radius 2 is 2.17 bits per heavy atom. The first kappa shape index (κ1) is 13.6. The van der Waals surface area contributed by atoms with E-state index in [0.717, 1.165) is 15.6 Å². The summed E-state index contributed by atoms with van der Waals surface area (Å²) in [6.45, 7) is 6.16. The van der Waals surface area contributed by atoms with E-state index in [0.29, 0.717) is 12.3 Å². The molecule has 0 spiro atoms. The summed E-state index contributed by atoms with van der Waals surface area (Å²) in [6, 6.07) is 5.83. The summed E-state index contributed by atoms with van der Waals surface area (Å²) >= 11 is 7.59. The van der Waals surface area contributed by atoms with Crippen LogP contribution in [0, 0.1) is 12.8 Å². The van der Waals surface area contributed by atoms with Crippen LogP contribution in [0.1, 0.15) is 25.0 Å². The summed E-state index contributed by atoms with van der Waals surface area (Å²) in [6.07, 6.45) is 0.700. The zero-order valence-electron chi connectivity index (χ0n) is 10.7. The molecular weight excluding hydrogens is 266 g/mol. The first-order chi connectivity index (χ1) is 8.47. The van der Waals surface area contributed by atoms with Gasteiger partial charge in [-0.3, -0.25) is 4.79 Å². The lowest BCUT2D eigenvalue weighted by atomic mass is 10.1. The molecule has 1 unspecified atom stereocenters. The second-order valence-electron chi connectivity index (χ2n) is 4.87. The highest BCUT2D eigenvalue weighted by atomic mass is 35.5. The molecule has 0 bridgehead atoms. The van der Waals surface area contributed by atoms with Crippen LogP contribution in [0.3, 0.4) is 0 Å². The van der Waals surface area contributed by atoms with Gasteiger partial charge in [0.2, 0.25) is 0 Å². The lowest BCUT2D eigenvalue weighted by molar-refractivity contribution is -0.117. The van der Waals surface area contributed by atoms with Gasteiger partial charge in [-0.2, -0.15) is 0 Å². The van der Waals surface area contributed by atoms with Crippen molar-refractivity contribution < 1.29 is 4.79 Å². The van der Waals surface area contributed by atoms with Crippen molar-refractivity contribution in [2.45, 2.75) is 32.4 Å². The molecule has 1 aromatic carbocycles. The van der Waals surface area contributed by atoms with Crippen molar-refractivity contribution in [3.63, 3.8) is 0 Å². The minimum atomic E-state index is -0.0144. The van der Waals surface area contributed by atoms with Crippen LogP contribution in [0.15, 0.2) is 23.2 Å². The monoisotopic (exact) mass is 281 g/mol. The molecule has 0 saturated carbocycles. The predicted octanol–water partition coefficient (Wildman–Crippen LogP) is 3.89. The SMILES string of the molecule is Cc1ccc(Cl)cc1CC1=NC(=O)C(C(C)C)S1. The van der Waals surface area contributed by atoms with Crippen LogP contribution in [0.25, 0.3) is 0 Å². The maximum atomic E-state index is 11.7. The van der Waals surface area contributed by atoms with Gasteiger partial charge in [-0.15, -0.1) is 0 Å². The summed E-state index contributed by atoms with van der Waals surface area (Å²) in [4.78, 5) is 15.9. The third-order valence-electron chi connectivity index (χ3n) is 3.00. The van der Waals surface area contributed by atoms with E-state index in [-0.39, 0.29) is 11.2 Å². The topological polar surface area (TPSA) is 29.4 Å². The average Bonchev–Trinajstić information content (AvgIpc) is 2.65. The number of carbonyl (C=O) groups is 1. The lowest BCUT2D eigenvalue weighted by Gasteiger charge is -2.10. The normalized spacial score (nSPS) is 19.5. The summed E-state index contributed by atoms with van der Waals surface area (Å²) < 4.78 is 0. The Bertz CT molecular complexity index is 511. The molecule has 1 aliphatic heterocycles. The molecule has 0 fully saturated rings. The summed E-state index contributed by atoms with van der Waals surface area (Å²) in [5, 5.41) is 1.62. The molecule has 0 N–H and O–H groups in total. The highest BCUT2D eigenvalue weighted by Crippen LogP contribution is 2.30. The number of thioether (sulfide) groups is 1. The molecule has 2 nitrogen and oxygen atoms in total. The van der Waals surface area contributed by atoms with E-state index in [1.807, 2.05) is 25.1 Å². The Labute approximate surface area is 117 Å². The number of halogens is 1. The molecule has 1 heterocycles. The fourth-order valence-corrected chi connectivity index (χ4v) is 3.20. The lowest BCUT2D eigenvalue weighted by Crippen LogP contribution is -2.17. The van der Waals surface area contributed by atoms with Crippen LogP contribution < -0.4 is 0 Å². The third-order valence-corrected chi connectivity index (χ3v) is 4.74. The van der Waals surface area contributed by atoms with E-state index in [9.17, 15) is 4.79 Å². The van der Waals surface area contributed by atoms with Gasteiger partial charge in [0.15, 0.2) is 0 Å². The van der Waals surface area contributed by atoms with Gasteiger partial charge in [-0.05, 0) is 36.1 Å².